The maximum atomic E-state index is 11.6. The Labute approximate surface area is 106 Å². The molecule has 0 saturated heterocycles. The molecule has 6 heteroatoms. The largest absolute Gasteiger partial charge is 0.358 e. The SMILES string of the molecule is CNC(=O)CN(C)Cc1ccccc1C(=O)NN. The van der Waals surface area contributed by atoms with Crippen molar-refractivity contribution in [2.75, 3.05) is 20.6 Å². The molecule has 0 aliphatic rings. The number of hydrazine groups is 1. The van der Waals surface area contributed by atoms with E-state index in [2.05, 4.69) is 10.7 Å². The van der Waals surface area contributed by atoms with Crippen LogP contribution in [0.1, 0.15) is 15.9 Å². The summed E-state index contributed by atoms with van der Waals surface area (Å²) in [6.07, 6.45) is 0. The number of benzene rings is 1. The summed E-state index contributed by atoms with van der Waals surface area (Å²) in [7, 11) is 3.40. The summed E-state index contributed by atoms with van der Waals surface area (Å²) in [4.78, 5) is 24.6. The molecule has 4 N–H and O–H groups in total. The second-order valence-corrected chi connectivity index (χ2v) is 3.98. The standard InChI is InChI=1S/C12H18N4O2/c1-14-11(17)8-16(2)7-9-5-3-4-6-10(9)12(18)15-13/h3-6H,7-8,13H2,1-2H3,(H,14,17)(H,15,18). The molecule has 0 fully saturated rings. The molecule has 0 aromatic heterocycles. The van der Waals surface area contributed by atoms with E-state index >= 15 is 0 Å². The van der Waals surface area contributed by atoms with E-state index in [0.29, 0.717) is 12.1 Å². The third kappa shape index (κ3) is 3.83. The molecule has 0 bridgehead atoms. The second-order valence-electron chi connectivity index (χ2n) is 3.98. The third-order valence-electron chi connectivity index (χ3n) is 2.53. The van der Waals surface area contributed by atoms with Crippen LogP contribution in [-0.2, 0) is 11.3 Å². The first-order valence-corrected chi connectivity index (χ1v) is 5.56. The van der Waals surface area contributed by atoms with Crippen LogP contribution < -0.4 is 16.6 Å². The van der Waals surface area contributed by atoms with Gasteiger partial charge in [-0.15, -0.1) is 0 Å². The van der Waals surface area contributed by atoms with Crippen LogP contribution >= 0.6 is 0 Å². The first-order valence-electron chi connectivity index (χ1n) is 5.56. The summed E-state index contributed by atoms with van der Waals surface area (Å²) < 4.78 is 0. The molecule has 0 aliphatic heterocycles. The highest BCUT2D eigenvalue weighted by Gasteiger charge is 2.12. The van der Waals surface area contributed by atoms with Crippen molar-refractivity contribution >= 4 is 11.8 Å². The summed E-state index contributed by atoms with van der Waals surface area (Å²) in [5.74, 6) is 4.72. The van der Waals surface area contributed by atoms with Gasteiger partial charge in [-0.05, 0) is 18.7 Å². The Morgan fingerprint density at radius 3 is 2.61 bits per heavy atom. The Morgan fingerprint density at radius 1 is 1.33 bits per heavy atom. The number of carbonyl (C=O) groups excluding carboxylic acids is 2. The molecule has 98 valence electrons. The number of likely N-dealkylation sites (N-methyl/N-ethyl adjacent to an activating group) is 2. The van der Waals surface area contributed by atoms with Crippen molar-refractivity contribution in [2.45, 2.75) is 6.54 Å². The first-order chi connectivity index (χ1) is 8.58. The zero-order valence-electron chi connectivity index (χ0n) is 10.6. The van der Waals surface area contributed by atoms with Gasteiger partial charge >= 0.3 is 0 Å². The Bertz CT molecular complexity index is 434. The average Bonchev–Trinajstić information content (AvgIpc) is 2.38. The summed E-state index contributed by atoms with van der Waals surface area (Å²) in [5, 5.41) is 2.55. The van der Waals surface area contributed by atoms with Gasteiger partial charge in [-0.2, -0.15) is 0 Å². The van der Waals surface area contributed by atoms with Crippen LogP contribution in [0.4, 0.5) is 0 Å². The fraction of sp³-hybridized carbons (Fsp3) is 0.333. The molecule has 0 saturated carbocycles. The molecular weight excluding hydrogens is 232 g/mol. The quantitative estimate of drug-likeness (QED) is 0.372. The van der Waals surface area contributed by atoms with E-state index in [0.717, 1.165) is 5.56 Å². The minimum absolute atomic E-state index is 0.0711. The summed E-state index contributed by atoms with van der Waals surface area (Å²) in [6, 6.07) is 7.15. The van der Waals surface area contributed by atoms with Crippen LogP contribution in [0.2, 0.25) is 0 Å². The van der Waals surface area contributed by atoms with Gasteiger partial charge in [0.25, 0.3) is 5.91 Å². The number of nitrogens with zero attached hydrogens (tertiary/aromatic N) is 1. The molecule has 1 rings (SSSR count). The molecule has 0 heterocycles. The fourth-order valence-electron chi connectivity index (χ4n) is 1.63. The molecular formula is C12H18N4O2. The fourth-order valence-corrected chi connectivity index (χ4v) is 1.63. The van der Waals surface area contributed by atoms with Gasteiger partial charge in [-0.1, -0.05) is 18.2 Å². The first kappa shape index (κ1) is 14.1. The summed E-state index contributed by atoms with van der Waals surface area (Å²) >= 11 is 0. The van der Waals surface area contributed by atoms with Crippen molar-refractivity contribution in [1.82, 2.24) is 15.6 Å². The number of rotatable bonds is 5. The van der Waals surface area contributed by atoms with E-state index in [1.165, 1.54) is 0 Å². The van der Waals surface area contributed by atoms with Gasteiger partial charge < -0.3 is 5.32 Å². The van der Waals surface area contributed by atoms with Crippen molar-refractivity contribution in [2.24, 2.45) is 5.84 Å². The van der Waals surface area contributed by atoms with Gasteiger partial charge in [0, 0.05) is 19.2 Å². The molecule has 0 spiro atoms. The maximum absolute atomic E-state index is 11.6. The summed E-state index contributed by atoms with van der Waals surface area (Å²) in [5.41, 5.74) is 3.45. The molecule has 6 nitrogen and oxygen atoms in total. The highest BCUT2D eigenvalue weighted by molar-refractivity contribution is 5.95. The number of nitrogens with two attached hydrogens (primary N) is 1. The van der Waals surface area contributed by atoms with Crippen LogP contribution in [0.25, 0.3) is 0 Å². The minimum Gasteiger partial charge on any atom is -0.358 e. The van der Waals surface area contributed by atoms with Gasteiger partial charge in [-0.3, -0.25) is 19.9 Å². The van der Waals surface area contributed by atoms with Crippen molar-refractivity contribution in [3.8, 4) is 0 Å². The number of nitrogen functional groups attached to an aromatic ring is 1. The normalized spacial score (nSPS) is 10.2. The van der Waals surface area contributed by atoms with E-state index in [1.807, 2.05) is 24.1 Å². The smallest absolute Gasteiger partial charge is 0.265 e. The van der Waals surface area contributed by atoms with Gasteiger partial charge in [0.05, 0.1) is 6.54 Å². The van der Waals surface area contributed by atoms with Crippen molar-refractivity contribution in [3.63, 3.8) is 0 Å². The zero-order valence-corrected chi connectivity index (χ0v) is 10.6. The highest BCUT2D eigenvalue weighted by Crippen LogP contribution is 2.10. The number of nitrogens with one attached hydrogen (secondary N) is 2. The monoisotopic (exact) mass is 250 g/mol. The van der Waals surface area contributed by atoms with E-state index in [-0.39, 0.29) is 18.4 Å². The lowest BCUT2D eigenvalue weighted by atomic mass is 10.1. The molecule has 0 aliphatic carbocycles. The van der Waals surface area contributed by atoms with Crippen molar-refractivity contribution < 1.29 is 9.59 Å². The van der Waals surface area contributed by atoms with Crippen LogP contribution in [0, 0.1) is 0 Å². The number of amides is 2. The number of hydrogen-bond donors (Lipinski definition) is 3. The van der Waals surface area contributed by atoms with Crippen LogP contribution in [-0.4, -0.2) is 37.4 Å². The van der Waals surface area contributed by atoms with E-state index in [1.54, 1.807) is 19.2 Å². The molecule has 1 aromatic carbocycles. The average molecular weight is 250 g/mol. The lowest BCUT2D eigenvalue weighted by Gasteiger charge is -2.17. The summed E-state index contributed by atoms with van der Waals surface area (Å²) in [6.45, 7) is 0.770. The predicted octanol–water partition coefficient (Wildman–Crippen LogP) is -0.532. The lowest BCUT2D eigenvalue weighted by Crippen LogP contribution is -2.34. The molecule has 0 unspecified atom stereocenters. The number of carbonyl (C=O) groups is 2. The van der Waals surface area contributed by atoms with E-state index in [9.17, 15) is 9.59 Å². The van der Waals surface area contributed by atoms with Crippen LogP contribution in [0.3, 0.4) is 0 Å². The molecule has 18 heavy (non-hydrogen) atoms. The minimum atomic E-state index is -0.334. The van der Waals surface area contributed by atoms with Crippen molar-refractivity contribution in [1.29, 1.82) is 0 Å². The number of hydrogen-bond acceptors (Lipinski definition) is 4. The Balaban J connectivity index is 2.78. The highest BCUT2D eigenvalue weighted by atomic mass is 16.2. The van der Waals surface area contributed by atoms with Gasteiger partial charge in [0.2, 0.25) is 5.91 Å². The van der Waals surface area contributed by atoms with Crippen molar-refractivity contribution in [3.05, 3.63) is 35.4 Å². The second kappa shape index (κ2) is 6.73. The van der Waals surface area contributed by atoms with Gasteiger partial charge in [0.15, 0.2) is 0 Å². The van der Waals surface area contributed by atoms with Gasteiger partial charge in [0.1, 0.15) is 0 Å². The Hall–Kier alpha value is -1.92. The van der Waals surface area contributed by atoms with Crippen LogP contribution in [0.15, 0.2) is 24.3 Å². The molecule has 1 aromatic rings. The Morgan fingerprint density at radius 2 is 2.00 bits per heavy atom. The molecule has 0 radical (unpaired) electrons. The molecule has 0 atom stereocenters. The van der Waals surface area contributed by atoms with E-state index < -0.39 is 0 Å². The predicted molar refractivity (Wildman–Crippen MR) is 68.5 cm³/mol. The lowest BCUT2D eigenvalue weighted by molar-refractivity contribution is -0.121. The molecule has 2 amide bonds. The topological polar surface area (TPSA) is 87.5 Å². The Kier molecular flexibility index (Phi) is 5.29. The van der Waals surface area contributed by atoms with Crippen LogP contribution in [0.5, 0.6) is 0 Å². The zero-order chi connectivity index (χ0) is 13.5. The van der Waals surface area contributed by atoms with E-state index in [4.69, 9.17) is 5.84 Å². The van der Waals surface area contributed by atoms with Gasteiger partial charge in [-0.25, -0.2) is 5.84 Å². The maximum Gasteiger partial charge on any atom is 0.265 e. The third-order valence-corrected chi connectivity index (χ3v) is 2.53.